The van der Waals surface area contributed by atoms with E-state index in [9.17, 15) is 13.2 Å². The fraction of sp³-hybridized carbons (Fsp3) is 0.267. The summed E-state index contributed by atoms with van der Waals surface area (Å²) in [7, 11) is -3.48. The van der Waals surface area contributed by atoms with Crippen molar-refractivity contribution in [2.75, 3.05) is 5.43 Å². The average molecular weight is 414 g/mol. The predicted molar refractivity (Wildman–Crippen MR) is 92.0 cm³/mol. The summed E-state index contributed by atoms with van der Waals surface area (Å²) in [6, 6.07) is 7.87. The summed E-state index contributed by atoms with van der Waals surface area (Å²) in [4.78, 5) is 12.2. The molecule has 128 valence electrons. The highest BCUT2D eigenvalue weighted by Gasteiger charge is 2.27. The maximum Gasteiger partial charge on any atom is 0.305 e. The van der Waals surface area contributed by atoms with Gasteiger partial charge in [0, 0.05) is 11.6 Å². The molecular formula is C15H16BrN3O4S. The first kappa shape index (κ1) is 17.0. The predicted octanol–water partition coefficient (Wildman–Crippen LogP) is 2.55. The van der Waals surface area contributed by atoms with Crippen molar-refractivity contribution in [3.63, 3.8) is 0 Å². The normalized spacial score (nSPS) is 14.4. The molecule has 24 heavy (non-hydrogen) atoms. The average Bonchev–Trinajstić information content (AvgIpc) is 3.27. The topological polar surface area (TPSA) is 100 Å². The van der Waals surface area contributed by atoms with Crippen molar-refractivity contribution in [2.24, 2.45) is 0 Å². The van der Waals surface area contributed by atoms with Crippen molar-refractivity contribution in [2.45, 2.75) is 30.7 Å². The van der Waals surface area contributed by atoms with Gasteiger partial charge in [-0.1, -0.05) is 0 Å². The molecule has 1 aliphatic carbocycles. The lowest BCUT2D eigenvalue weighted by molar-refractivity contribution is 0.0933. The minimum atomic E-state index is -3.48. The standard InChI is InChI=1S/C15H16BrN3O4S/c1-9-8-13(16)23-14(9)15(20)18-17-10-4-6-12(7-5-10)24(21,22)19-11-2-3-11/h4-8,11,17,19H,2-3H2,1H3,(H,18,20). The largest absolute Gasteiger partial charge is 0.444 e. The Morgan fingerprint density at radius 3 is 2.46 bits per heavy atom. The fourth-order valence-corrected chi connectivity index (χ4v) is 3.87. The number of hydrogen-bond acceptors (Lipinski definition) is 5. The Morgan fingerprint density at radius 2 is 1.92 bits per heavy atom. The summed E-state index contributed by atoms with van der Waals surface area (Å²) < 4.78 is 32.5. The molecule has 1 aromatic carbocycles. The first-order valence-electron chi connectivity index (χ1n) is 7.30. The molecule has 0 aliphatic heterocycles. The Morgan fingerprint density at radius 1 is 1.25 bits per heavy atom. The van der Waals surface area contributed by atoms with Crippen molar-refractivity contribution in [3.8, 4) is 0 Å². The lowest BCUT2D eigenvalue weighted by Crippen LogP contribution is -2.29. The van der Waals surface area contributed by atoms with Gasteiger partial charge in [-0.25, -0.2) is 13.1 Å². The number of nitrogens with one attached hydrogen (secondary N) is 3. The number of anilines is 1. The molecule has 1 aliphatic rings. The van der Waals surface area contributed by atoms with E-state index in [-0.39, 0.29) is 16.7 Å². The van der Waals surface area contributed by atoms with Crippen molar-refractivity contribution in [3.05, 3.63) is 46.3 Å². The number of sulfonamides is 1. The Hall–Kier alpha value is -1.84. The molecule has 0 spiro atoms. The van der Waals surface area contributed by atoms with Crippen LogP contribution in [0.4, 0.5) is 5.69 Å². The molecule has 1 aromatic heterocycles. The molecular weight excluding hydrogens is 398 g/mol. The van der Waals surface area contributed by atoms with E-state index in [1.807, 2.05) is 0 Å². The van der Waals surface area contributed by atoms with E-state index in [1.54, 1.807) is 25.1 Å². The molecule has 9 heteroatoms. The monoisotopic (exact) mass is 413 g/mol. The molecule has 3 rings (SSSR count). The van der Waals surface area contributed by atoms with E-state index in [4.69, 9.17) is 4.42 Å². The van der Waals surface area contributed by atoms with Crippen LogP contribution < -0.4 is 15.6 Å². The number of hydrogen-bond donors (Lipinski definition) is 3. The van der Waals surface area contributed by atoms with Crippen LogP contribution in [0.3, 0.4) is 0 Å². The molecule has 7 nitrogen and oxygen atoms in total. The fourth-order valence-electron chi connectivity index (χ4n) is 2.06. The van der Waals surface area contributed by atoms with Crippen molar-refractivity contribution in [1.82, 2.24) is 10.1 Å². The van der Waals surface area contributed by atoms with E-state index < -0.39 is 15.9 Å². The van der Waals surface area contributed by atoms with Crippen LogP contribution in [-0.4, -0.2) is 20.4 Å². The van der Waals surface area contributed by atoms with E-state index in [0.29, 0.717) is 15.9 Å². The number of benzene rings is 1. The van der Waals surface area contributed by atoms with Gasteiger partial charge in [0.15, 0.2) is 10.4 Å². The van der Waals surface area contributed by atoms with Crippen LogP contribution >= 0.6 is 15.9 Å². The molecule has 0 atom stereocenters. The van der Waals surface area contributed by atoms with Crippen LogP contribution in [0.1, 0.15) is 29.0 Å². The van der Waals surface area contributed by atoms with Gasteiger partial charge in [-0.15, -0.1) is 0 Å². The van der Waals surface area contributed by atoms with Gasteiger partial charge in [-0.3, -0.25) is 15.6 Å². The lowest BCUT2D eigenvalue weighted by Gasteiger charge is -2.09. The van der Waals surface area contributed by atoms with Crippen molar-refractivity contribution < 1.29 is 17.6 Å². The zero-order chi connectivity index (χ0) is 17.3. The summed E-state index contributed by atoms with van der Waals surface area (Å²) in [6.45, 7) is 1.76. The third-order valence-corrected chi connectivity index (χ3v) is 5.41. The van der Waals surface area contributed by atoms with E-state index in [2.05, 4.69) is 31.5 Å². The van der Waals surface area contributed by atoms with Crippen molar-refractivity contribution >= 4 is 37.5 Å². The Balaban J connectivity index is 1.62. The first-order chi connectivity index (χ1) is 11.3. The van der Waals surface area contributed by atoms with Gasteiger partial charge in [0.1, 0.15) is 0 Å². The Labute approximate surface area is 148 Å². The molecule has 1 fully saturated rings. The molecule has 0 radical (unpaired) electrons. The third-order valence-electron chi connectivity index (χ3n) is 3.48. The van der Waals surface area contributed by atoms with Gasteiger partial charge in [-0.2, -0.15) is 0 Å². The zero-order valence-electron chi connectivity index (χ0n) is 12.8. The van der Waals surface area contributed by atoms with Crippen LogP contribution in [-0.2, 0) is 10.0 Å². The maximum absolute atomic E-state index is 12.1. The minimum absolute atomic E-state index is 0.0583. The lowest BCUT2D eigenvalue weighted by atomic mass is 10.3. The number of rotatable bonds is 6. The first-order valence-corrected chi connectivity index (χ1v) is 9.57. The van der Waals surface area contributed by atoms with E-state index >= 15 is 0 Å². The number of aryl methyl sites for hydroxylation is 1. The summed E-state index contributed by atoms with van der Waals surface area (Å²) >= 11 is 3.17. The van der Waals surface area contributed by atoms with Gasteiger partial charge in [-0.05, 0) is 66.0 Å². The third kappa shape index (κ3) is 3.97. The van der Waals surface area contributed by atoms with Crippen LogP contribution in [0.2, 0.25) is 0 Å². The second-order valence-electron chi connectivity index (χ2n) is 5.56. The van der Waals surface area contributed by atoms with Gasteiger partial charge in [0.2, 0.25) is 10.0 Å². The minimum Gasteiger partial charge on any atom is -0.444 e. The van der Waals surface area contributed by atoms with E-state index in [1.165, 1.54) is 12.1 Å². The van der Waals surface area contributed by atoms with Crippen molar-refractivity contribution in [1.29, 1.82) is 0 Å². The number of amides is 1. The molecule has 1 amide bonds. The number of carbonyl (C=O) groups is 1. The number of hydrazine groups is 1. The molecule has 1 saturated carbocycles. The zero-order valence-corrected chi connectivity index (χ0v) is 15.2. The Kier molecular flexibility index (Phi) is 4.66. The molecule has 0 unspecified atom stereocenters. The van der Waals surface area contributed by atoms with E-state index in [0.717, 1.165) is 12.8 Å². The van der Waals surface area contributed by atoms with Crippen LogP contribution in [0, 0.1) is 6.92 Å². The summed E-state index contributed by atoms with van der Waals surface area (Å²) in [5, 5.41) is 0. The van der Waals surface area contributed by atoms with Crippen LogP contribution in [0.5, 0.6) is 0 Å². The molecule has 1 heterocycles. The second-order valence-corrected chi connectivity index (χ2v) is 8.06. The quantitative estimate of drug-likeness (QED) is 0.631. The molecule has 2 aromatic rings. The smallest absolute Gasteiger partial charge is 0.305 e. The highest BCUT2D eigenvalue weighted by Crippen LogP contribution is 2.23. The Bertz CT molecular complexity index is 857. The van der Waals surface area contributed by atoms with Gasteiger partial charge >= 0.3 is 5.91 Å². The van der Waals surface area contributed by atoms with Crippen LogP contribution in [0.25, 0.3) is 0 Å². The number of carbonyl (C=O) groups excluding carboxylic acids is 1. The van der Waals surface area contributed by atoms with Gasteiger partial charge in [0.25, 0.3) is 0 Å². The number of halogens is 1. The highest BCUT2D eigenvalue weighted by molar-refractivity contribution is 9.10. The van der Waals surface area contributed by atoms with Gasteiger partial charge in [0.05, 0.1) is 10.6 Å². The molecule has 3 N–H and O–H groups in total. The SMILES string of the molecule is Cc1cc(Br)oc1C(=O)NNc1ccc(S(=O)(=O)NC2CC2)cc1. The second kappa shape index (κ2) is 6.58. The molecule has 0 bridgehead atoms. The number of furan rings is 1. The highest BCUT2D eigenvalue weighted by atomic mass is 79.9. The molecule has 0 saturated heterocycles. The summed E-state index contributed by atoms with van der Waals surface area (Å²) in [5.74, 6) is -0.229. The van der Waals surface area contributed by atoms with Crippen LogP contribution in [0.15, 0.2) is 44.3 Å². The summed E-state index contributed by atoms with van der Waals surface area (Å²) in [6.07, 6.45) is 1.76. The maximum atomic E-state index is 12.1. The summed E-state index contributed by atoms with van der Waals surface area (Å²) in [5.41, 5.74) is 6.48. The van der Waals surface area contributed by atoms with Gasteiger partial charge < -0.3 is 4.42 Å².